The predicted octanol–water partition coefficient (Wildman–Crippen LogP) is 6.65. The summed E-state index contributed by atoms with van der Waals surface area (Å²) in [6, 6.07) is 16.7. The zero-order valence-electron chi connectivity index (χ0n) is 24.9. The Bertz CT molecular complexity index is 1400. The molecule has 0 amide bonds. The molecule has 1 N–H and O–H groups in total. The molecule has 1 aliphatic carbocycles. The molecule has 7 rings (SSSR count). The number of imidazole rings is 1. The van der Waals surface area contributed by atoms with Crippen LogP contribution in [0, 0.1) is 17.7 Å². The van der Waals surface area contributed by atoms with Crippen LogP contribution in [0.3, 0.4) is 0 Å². The van der Waals surface area contributed by atoms with Crippen molar-refractivity contribution in [3.63, 3.8) is 0 Å². The molecule has 224 valence electrons. The molecule has 3 aromatic rings. The van der Waals surface area contributed by atoms with Gasteiger partial charge in [-0.3, -0.25) is 14.6 Å². The number of nitrogens with zero attached hydrogens (tertiary/aromatic N) is 4. The molecule has 6 nitrogen and oxygen atoms in total. The molecular weight excluding hydrogens is 527 g/mol. The van der Waals surface area contributed by atoms with Crippen LogP contribution in [0.1, 0.15) is 88.1 Å². The van der Waals surface area contributed by atoms with Gasteiger partial charge < -0.3 is 9.67 Å². The largest absolute Gasteiger partial charge is 0.480 e. The summed E-state index contributed by atoms with van der Waals surface area (Å²) < 4.78 is 17.0. The molecule has 0 radical (unpaired) electrons. The number of para-hydroxylation sites is 2. The van der Waals surface area contributed by atoms with E-state index < -0.39 is 12.0 Å². The van der Waals surface area contributed by atoms with Crippen molar-refractivity contribution in [2.75, 3.05) is 19.6 Å². The lowest BCUT2D eigenvalue weighted by molar-refractivity contribution is -0.145. The van der Waals surface area contributed by atoms with E-state index in [2.05, 4.69) is 51.6 Å². The first-order chi connectivity index (χ1) is 20.5. The number of piperidine rings is 1. The maximum absolute atomic E-state index is 14.4. The average molecular weight is 573 g/mol. The summed E-state index contributed by atoms with van der Waals surface area (Å²) in [5, 5.41) is 10.4. The van der Waals surface area contributed by atoms with Crippen molar-refractivity contribution >= 4 is 17.0 Å². The number of aryl methyl sites for hydroxylation is 1. The molecule has 7 heteroatoms. The average Bonchev–Trinajstić information content (AvgIpc) is 3.64. The van der Waals surface area contributed by atoms with E-state index in [1.165, 1.54) is 36.7 Å². The third kappa shape index (κ3) is 5.17. The van der Waals surface area contributed by atoms with Gasteiger partial charge in [-0.1, -0.05) is 50.5 Å². The van der Waals surface area contributed by atoms with Crippen molar-refractivity contribution in [1.82, 2.24) is 19.4 Å². The molecule has 2 aromatic carbocycles. The van der Waals surface area contributed by atoms with E-state index in [0.29, 0.717) is 24.7 Å². The molecule has 6 atom stereocenters. The van der Waals surface area contributed by atoms with Gasteiger partial charge in [-0.25, -0.2) is 9.37 Å². The summed E-state index contributed by atoms with van der Waals surface area (Å²) in [6.45, 7) is 4.65. The molecule has 1 aromatic heterocycles. The SMILES string of the molecule is CCc1nc2ccccc2n1C1C[C@H]2CC[C@@H](C1)N2C[C@H]1CN([C@@H](C(=O)O)C2CCCCC2)C[C@@H]1c1cccc(F)c1. The first kappa shape index (κ1) is 28.0. The van der Waals surface area contributed by atoms with Crippen LogP contribution in [-0.2, 0) is 11.2 Å². The molecule has 1 unspecified atom stereocenters. The topological polar surface area (TPSA) is 61.6 Å². The van der Waals surface area contributed by atoms with Gasteiger partial charge in [-0.2, -0.15) is 0 Å². The minimum absolute atomic E-state index is 0.146. The van der Waals surface area contributed by atoms with E-state index in [4.69, 9.17) is 4.98 Å². The van der Waals surface area contributed by atoms with Crippen molar-refractivity contribution < 1.29 is 14.3 Å². The Balaban J connectivity index is 1.13. The van der Waals surface area contributed by atoms with Crippen molar-refractivity contribution in [2.45, 2.75) is 101 Å². The van der Waals surface area contributed by atoms with E-state index in [0.717, 1.165) is 69.1 Å². The van der Waals surface area contributed by atoms with Crippen LogP contribution in [-0.4, -0.2) is 68.2 Å². The predicted molar refractivity (Wildman–Crippen MR) is 163 cm³/mol. The van der Waals surface area contributed by atoms with E-state index in [1.807, 2.05) is 6.07 Å². The monoisotopic (exact) mass is 572 g/mol. The number of hydrogen-bond acceptors (Lipinski definition) is 4. The van der Waals surface area contributed by atoms with Crippen LogP contribution >= 0.6 is 0 Å². The van der Waals surface area contributed by atoms with E-state index in [1.54, 1.807) is 6.07 Å². The molecule has 4 heterocycles. The Hall–Kier alpha value is -2.77. The number of rotatable bonds is 8. The molecule has 42 heavy (non-hydrogen) atoms. The number of hydrogen-bond donors (Lipinski definition) is 1. The minimum Gasteiger partial charge on any atom is -0.480 e. The summed E-state index contributed by atoms with van der Waals surface area (Å²) in [4.78, 5) is 22.7. The van der Waals surface area contributed by atoms with E-state index in [-0.39, 0.29) is 23.6 Å². The van der Waals surface area contributed by atoms with Crippen molar-refractivity contribution in [2.24, 2.45) is 11.8 Å². The lowest BCUT2D eigenvalue weighted by Gasteiger charge is -2.42. The highest BCUT2D eigenvalue weighted by molar-refractivity contribution is 5.76. The maximum atomic E-state index is 14.4. The standard InChI is InChI=1S/C35H45FN4O2/c1-2-33-37-31-13-6-7-14-32(31)40(33)29-18-27-15-16-28(19-29)39(27)21-25-20-38(22-30(25)24-11-8-12-26(36)17-24)34(35(41)42)23-9-4-3-5-10-23/h6-8,11-14,17,23,25,27-30,34H,2-5,9-10,15-16,18-22H2,1H3,(H,41,42)/t25-,27-,28+,29?,30-,34-/m1/s1. The highest BCUT2D eigenvalue weighted by Gasteiger charge is 2.47. The second-order valence-electron chi connectivity index (χ2n) is 13.5. The van der Waals surface area contributed by atoms with Crippen molar-refractivity contribution in [3.8, 4) is 0 Å². The molecule has 3 saturated heterocycles. The van der Waals surface area contributed by atoms with Gasteiger partial charge in [0.2, 0.25) is 0 Å². The Morgan fingerprint density at radius 1 is 0.976 bits per heavy atom. The Kier molecular flexibility index (Phi) is 7.82. The normalized spacial score (nSPS) is 29.8. The van der Waals surface area contributed by atoms with Crippen LogP contribution in [0.4, 0.5) is 4.39 Å². The first-order valence-corrected chi connectivity index (χ1v) is 16.4. The van der Waals surface area contributed by atoms with Gasteiger partial charge >= 0.3 is 5.97 Å². The van der Waals surface area contributed by atoms with Gasteiger partial charge in [-0.15, -0.1) is 0 Å². The number of fused-ring (bicyclic) bond motifs is 3. The third-order valence-corrected chi connectivity index (χ3v) is 11.1. The number of carbonyl (C=O) groups is 1. The van der Waals surface area contributed by atoms with Crippen molar-refractivity contribution in [3.05, 3.63) is 65.7 Å². The van der Waals surface area contributed by atoms with Crippen molar-refractivity contribution in [1.29, 1.82) is 0 Å². The second-order valence-corrected chi connectivity index (χ2v) is 13.5. The summed E-state index contributed by atoms with van der Waals surface area (Å²) in [5.74, 6) is 0.958. The van der Waals surface area contributed by atoms with Crippen LogP contribution in [0.15, 0.2) is 48.5 Å². The molecule has 0 spiro atoms. The van der Waals surface area contributed by atoms with E-state index in [9.17, 15) is 14.3 Å². The van der Waals surface area contributed by atoms with E-state index >= 15 is 0 Å². The number of halogens is 1. The lowest BCUT2D eigenvalue weighted by Crippen LogP contribution is -2.48. The number of carboxylic acids is 1. The smallest absolute Gasteiger partial charge is 0.321 e. The summed E-state index contributed by atoms with van der Waals surface area (Å²) in [7, 11) is 0. The molecule has 4 aliphatic rings. The third-order valence-electron chi connectivity index (χ3n) is 11.1. The number of carboxylic acid groups (broad SMARTS) is 1. The maximum Gasteiger partial charge on any atom is 0.321 e. The lowest BCUT2D eigenvalue weighted by atomic mass is 9.83. The summed E-state index contributed by atoms with van der Waals surface area (Å²) in [6.07, 6.45) is 11.1. The Morgan fingerprint density at radius 2 is 1.74 bits per heavy atom. The molecular formula is C35H45FN4O2. The fourth-order valence-electron chi connectivity index (χ4n) is 9.31. The zero-order valence-corrected chi connectivity index (χ0v) is 24.9. The number of benzene rings is 2. The van der Waals surface area contributed by atoms with Crippen LogP contribution < -0.4 is 0 Å². The quantitative estimate of drug-likeness (QED) is 0.327. The Labute approximate surface area is 248 Å². The number of aromatic nitrogens is 2. The van der Waals surface area contributed by atoms with Gasteiger partial charge in [0.05, 0.1) is 11.0 Å². The number of likely N-dealkylation sites (tertiary alicyclic amines) is 1. The first-order valence-electron chi connectivity index (χ1n) is 16.4. The van der Waals surface area contributed by atoms with Gasteiger partial charge in [0, 0.05) is 50.1 Å². The molecule has 3 aliphatic heterocycles. The highest BCUT2D eigenvalue weighted by atomic mass is 19.1. The zero-order chi connectivity index (χ0) is 28.8. The summed E-state index contributed by atoms with van der Waals surface area (Å²) >= 11 is 0. The fourth-order valence-corrected chi connectivity index (χ4v) is 9.31. The Morgan fingerprint density at radius 3 is 2.45 bits per heavy atom. The second kappa shape index (κ2) is 11.7. The minimum atomic E-state index is -0.680. The van der Waals surface area contributed by atoms with Crippen LogP contribution in [0.5, 0.6) is 0 Å². The summed E-state index contributed by atoms with van der Waals surface area (Å²) in [5.41, 5.74) is 3.38. The highest BCUT2D eigenvalue weighted by Crippen LogP contribution is 2.45. The molecule has 2 bridgehead atoms. The van der Waals surface area contributed by atoms with Crippen LogP contribution in [0.25, 0.3) is 11.0 Å². The van der Waals surface area contributed by atoms with Gasteiger partial charge in [0.25, 0.3) is 0 Å². The van der Waals surface area contributed by atoms with Gasteiger partial charge in [-0.05, 0) is 80.2 Å². The molecule has 4 fully saturated rings. The van der Waals surface area contributed by atoms with Gasteiger partial charge in [0.15, 0.2) is 0 Å². The fraction of sp³-hybridized carbons (Fsp3) is 0.600. The van der Waals surface area contributed by atoms with Crippen LogP contribution in [0.2, 0.25) is 0 Å². The van der Waals surface area contributed by atoms with Gasteiger partial charge in [0.1, 0.15) is 17.7 Å². The number of aliphatic carboxylic acids is 1. The molecule has 1 saturated carbocycles.